The highest BCUT2D eigenvalue weighted by molar-refractivity contribution is 7.09. The van der Waals surface area contributed by atoms with Gasteiger partial charge in [0.15, 0.2) is 0 Å². The summed E-state index contributed by atoms with van der Waals surface area (Å²) in [6, 6.07) is 10.7. The van der Waals surface area contributed by atoms with E-state index in [-0.39, 0.29) is 0 Å². The third-order valence-electron chi connectivity index (χ3n) is 2.70. The second-order valence-electron chi connectivity index (χ2n) is 4.25. The third-order valence-corrected chi connectivity index (χ3v) is 3.68. The van der Waals surface area contributed by atoms with Crippen molar-refractivity contribution in [1.82, 2.24) is 4.57 Å². The summed E-state index contributed by atoms with van der Waals surface area (Å²) in [5.41, 5.74) is 2.43. The summed E-state index contributed by atoms with van der Waals surface area (Å²) >= 11 is 1.64. The van der Waals surface area contributed by atoms with Crippen LogP contribution in [0.25, 0.3) is 11.3 Å². The molecule has 4 heteroatoms. The van der Waals surface area contributed by atoms with E-state index in [1.165, 1.54) is 16.1 Å². The average Bonchev–Trinajstić information content (AvgIpc) is 2.67. The van der Waals surface area contributed by atoms with E-state index in [1.54, 1.807) is 11.3 Å². The van der Waals surface area contributed by atoms with Crippen LogP contribution in [0, 0.1) is 6.92 Å². The number of thiazole rings is 1. The Labute approximate surface area is 105 Å². The molecule has 2 aromatic rings. The molecule has 0 bridgehead atoms. The summed E-state index contributed by atoms with van der Waals surface area (Å²) in [7, 11) is 0. The van der Waals surface area contributed by atoms with Gasteiger partial charge in [-0.3, -0.25) is 0 Å². The molecule has 0 spiro atoms. The summed E-state index contributed by atoms with van der Waals surface area (Å²) in [4.78, 5) is 2.12. The van der Waals surface area contributed by atoms with Gasteiger partial charge in [0.2, 0.25) is 4.80 Å². The van der Waals surface area contributed by atoms with Crippen LogP contribution in [0.1, 0.15) is 24.8 Å². The number of aromatic nitrogens is 1. The molecule has 2 N–H and O–H groups in total. The highest BCUT2D eigenvalue weighted by Crippen LogP contribution is 2.27. The zero-order chi connectivity index (χ0) is 12.4. The van der Waals surface area contributed by atoms with Crippen molar-refractivity contribution in [2.24, 2.45) is 10.9 Å². The summed E-state index contributed by atoms with van der Waals surface area (Å²) in [5.74, 6) is 5.46. The van der Waals surface area contributed by atoms with Crippen LogP contribution in [0.4, 0.5) is 0 Å². The number of hydrogen-bond acceptors (Lipinski definition) is 3. The first-order valence-electron chi connectivity index (χ1n) is 5.66. The van der Waals surface area contributed by atoms with Crippen LogP contribution in [0.3, 0.4) is 0 Å². The highest BCUT2D eigenvalue weighted by atomic mass is 32.1. The number of hydrogen-bond donors (Lipinski definition) is 1. The van der Waals surface area contributed by atoms with E-state index in [4.69, 9.17) is 5.84 Å². The molecule has 0 aliphatic rings. The average molecular weight is 247 g/mol. The minimum atomic E-state index is 0.345. The number of nitrogens with two attached hydrogens (primary N) is 1. The maximum Gasteiger partial charge on any atom is 0.208 e. The Kier molecular flexibility index (Phi) is 3.33. The Morgan fingerprint density at radius 1 is 1.24 bits per heavy atom. The van der Waals surface area contributed by atoms with Gasteiger partial charge in [0, 0.05) is 10.9 Å². The van der Waals surface area contributed by atoms with Crippen LogP contribution >= 0.6 is 11.3 Å². The molecule has 1 heterocycles. The van der Waals surface area contributed by atoms with E-state index in [1.807, 2.05) is 6.07 Å². The molecule has 0 aliphatic heterocycles. The molecule has 0 amide bonds. The molecule has 17 heavy (non-hydrogen) atoms. The lowest BCUT2D eigenvalue weighted by molar-refractivity contribution is 0.586. The fraction of sp³-hybridized carbons (Fsp3) is 0.308. The van der Waals surface area contributed by atoms with E-state index < -0.39 is 0 Å². The van der Waals surface area contributed by atoms with Gasteiger partial charge < -0.3 is 10.4 Å². The van der Waals surface area contributed by atoms with Gasteiger partial charge in [-0.1, -0.05) is 41.7 Å². The zero-order valence-electron chi connectivity index (χ0n) is 10.3. The summed E-state index contributed by atoms with van der Waals surface area (Å²) in [6.45, 7) is 6.40. The molecule has 90 valence electrons. The van der Waals surface area contributed by atoms with Crippen LogP contribution in [0.15, 0.2) is 35.4 Å². The van der Waals surface area contributed by atoms with E-state index in [9.17, 15) is 0 Å². The van der Waals surface area contributed by atoms with E-state index in [0.717, 1.165) is 4.80 Å². The van der Waals surface area contributed by atoms with Crippen molar-refractivity contribution in [2.75, 3.05) is 0 Å². The Hall–Kier alpha value is -1.55. The van der Waals surface area contributed by atoms with Crippen LogP contribution in [-0.4, -0.2) is 4.57 Å². The topological polar surface area (TPSA) is 43.3 Å². The van der Waals surface area contributed by atoms with E-state index in [2.05, 4.69) is 54.7 Å². The lowest BCUT2D eigenvalue weighted by Crippen LogP contribution is -2.19. The molecular weight excluding hydrogens is 230 g/mol. The van der Waals surface area contributed by atoms with Crippen molar-refractivity contribution in [3.8, 4) is 11.3 Å². The summed E-state index contributed by atoms with van der Waals surface area (Å²) in [5, 5.41) is 3.88. The lowest BCUT2D eigenvalue weighted by Gasteiger charge is -2.13. The fourth-order valence-corrected chi connectivity index (χ4v) is 3.05. The Balaban J connectivity index is 2.74. The van der Waals surface area contributed by atoms with E-state index in [0.29, 0.717) is 6.04 Å². The van der Waals surface area contributed by atoms with E-state index >= 15 is 0 Å². The Morgan fingerprint density at radius 3 is 2.41 bits per heavy atom. The Morgan fingerprint density at radius 2 is 1.88 bits per heavy atom. The minimum Gasteiger partial charge on any atom is -0.320 e. The quantitative estimate of drug-likeness (QED) is 0.643. The number of rotatable bonds is 2. The molecule has 1 aromatic heterocycles. The maximum absolute atomic E-state index is 5.46. The predicted molar refractivity (Wildman–Crippen MR) is 72.6 cm³/mol. The number of benzene rings is 1. The van der Waals surface area contributed by atoms with Crippen molar-refractivity contribution >= 4 is 11.3 Å². The van der Waals surface area contributed by atoms with Crippen molar-refractivity contribution in [1.29, 1.82) is 0 Å². The van der Waals surface area contributed by atoms with Crippen LogP contribution < -0.4 is 10.6 Å². The normalized spacial score (nSPS) is 12.4. The molecule has 0 fully saturated rings. The number of aryl methyl sites for hydroxylation is 1. The first-order valence-corrected chi connectivity index (χ1v) is 6.48. The zero-order valence-corrected chi connectivity index (χ0v) is 11.2. The van der Waals surface area contributed by atoms with Gasteiger partial charge in [-0.2, -0.15) is 5.10 Å². The largest absolute Gasteiger partial charge is 0.320 e. The summed E-state index contributed by atoms with van der Waals surface area (Å²) < 4.78 is 2.19. The molecule has 2 rings (SSSR count). The Bertz CT molecular complexity index is 564. The van der Waals surface area contributed by atoms with Gasteiger partial charge in [0.05, 0.1) is 5.69 Å². The maximum atomic E-state index is 5.46. The van der Waals surface area contributed by atoms with Crippen molar-refractivity contribution in [3.05, 3.63) is 40.0 Å². The second kappa shape index (κ2) is 4.75. The minimum absolute atomic E-state index is 0.345. The SMILES string of the molecule is Cc1sc(=NN)n(C(C)C)c1-c1ccccc1. The fourth-order valence-electron chi connectivity index (χ4n) is 2.01. The highest BCUT2D eigenvalue weighted by Gasteiger charge is 2.14. The van der Waals surface area contributed by atoms with Gasteiger partial charge in [-0.25, -0.2) is 0 Å². The number of nitrogens with zero attached hydrogens (tertiary/aromatic N) is 2. The van der Waals surface area contributed by atoms with Gasteiger partial charge in [0.25, 0.3) is 0 Å². The predicted octanol–water partition coefficient (Wildman–Crippen LogP) is 2.88. The van der Waals surface area contributed by atoms with Gasteiger partial charge >= 0.3 is 0 Å². The molecule has 0 radical (unpaired) electrons. The van der Waals surface area contributed by atoms with Crippen LogP contribution in [0.5, 0.6) is 0 Å². The smallest absolute Gasteiger partial charge is 0.208 e. The molecular formula is C13H17N3S. The first-order chi connectivity index (χ1) is 8.15. The molecule has 0 atom stereocenters. The monoisotopic (exact) mass is 247 g/mol. The third kappa shape index (κ3) is 2.13. The van der Waals surface area contributed by atoms with Crippen LogP contribution in [-0.2, 0) is 0 Å². The van der Waals surface area contributed by atoms with Crippen molar-refractivity contribution in [2.45, 2.75) is 26.8 Å². The van der Waals surface area contributed by atoms with Crippen LogP contribution in [0.2, 0.25) is 0 Å². The molecule has 3 nitrogen and oxygen atoms in total. The molecule has 0 saturated heterocycles. The molecule has 0 aliphatic carbocycles. The summed E-state index contributed by atoms with van der Waals surface area (Å²) in [6.07, 6.45) is 0. The second-order valence-corrected chi connectivity index (χ2v) is 5.43. The lowest BCUT2D eigenvalue weighted by atomic mass is 10.1. The van der Waals surface area contributed by atoms with Crippen molar-refractivity contribution in [3.63, 3.8) is 0 Å². The van der Waals surface area contributed by atoms with Gasteiger partial charge in [-0.05, 0) is 26.3 Å². The van der Waals surface area contributed by atoms with Crippen molar-refractivity contribution < 1.29 is 0 Å². The first kappa shape index (κ1) is 11.9. The standard InChI is InChI=1S/C13H17N3S/c1-9(2)16-12(10(3)17-13(16)15-14)11-7-5-4-6-8-11/h4-9H,14H2,1-3H3. The van der Waals surface area contributed by atoms with Gasteiger partial charge in [0.1, 0.15) is 0 Å². The molecule has 0 saturated carbocycles. The van der Waals surface area contributed by atoms with Gasteiger partial charge in [-0.15, -0.1) is 0 Å². The molecule has 1 aromatic carbocycles. The molecule has 0 unspecified atom stereocenters.